The van der Waals surface area contributed by atoms with Crippen molar-refractivity contribution in [3.63, 3.8) is 0 Å². The Bertz CT molecular complexity index is 404. The van der Waals surface area contributed by atoms with Crippen molar-refractivity contribution in [1.82, 2.24) is 0 Å². The molecule has 0 aliphatic heterocycles. The molecule has 0 bridgehead atoms. The molecular weight excluding hydrogens is 247 g/mol. The Kier molecular flexibility index (Phi) is 5.56. The molecule has 1 aromatic rings. The van der Waals surface area contributed by atoms with Crippen molar-refractivity contribution in [2.24, 2.45) is 0 Å². The fraction of sp³-hybridized carbons (Fsp3) is 0.250. The van der Waals surface area contributed by atoms with E-state index >= 15 is 0 Å². The third-order valence-electron chi connectivity index (χ3n) is 1.91. The maximum Gasteiger partial charge on any atom is 0.186 e. The number of rotatable bonds is 4. The molecule has 1 rings (SSSR count). The highest BCUT2D eigenvalue weighted by Crippen LogP contribution is 2.14. The summed E-state index contributed by atoms with van der Waals surface area (Å²) in [7, 11) is 0. The molecule has 4 heteroatoms. The third-order valence-corrected chi connectivity index (χ3v) is 2.97. The number of alkyl halides is 1. The van der Waals surface area contributed by atoms with Gasteiger partial charge in [-0.15, -0.1) is 11.6 Å². The highest BCUT2D eigenvalue weighted by atomic mass is 35.5. The van der Waals surface area contributed by atoms with Crippen LogP contribution in [0.25, 0.3) is 6.08 Å². The first kappa shape index (κ1) is 13.3. The van der Waals surface area contributed by atoms with Gasteiger partial charge in [-0.25, -0.2) is 4.39 Å². The number of halogens is 2. The summed E-state index contributed by atoms with van der Waals surface area (Å²) in [5.41, 5.74) is 1.27. The minimum Gasteiger partial charge on any atom is -0.288 e. The van der Waals surface area contributed by atoms with E-state index in [1.54, 1.807) is 18.2 Å². The molecule has 0 amide bonds. The number of carbonyl (C=O) groups is 1. The monoisotopic (exact) mass is 258 g/mol. The second-order valence-corrected chi connectivity index (χ2v) is 4.65. The molecule has 1 aromatic carbocycles. The molecule has 86 valence electrons. The Morgan fingerprint density at radius 1 is 1.56 bits per heavy atom. The van der Waals surface area contributed by atoms with Gasteiger partial charge in [0.25, 0.3) is 0 Å². The highest BCUT2D eigenvalue weighted by molar-refractivity contribution is 8.13. The zero-order chi connectivity index (χ0) is 12.0. The van der Waals surface area contributed by atoms with E-state index in [1.165, 1.54) is 24.8 Å². The Labute approximate surface area is 104 Å². The molecule has 0 radical (unpaired) electrons. The van der Waals surface area contributed by atoms with E-state index in [0.717, 1.165) is 5.56 Å². The maximum atomic E-state index is 13.3. The molecule has 0 spiro atoms. The van der Waals surface area contributed by atoms with E-state index in [9.17, 15) is 9.18 Å². The Balaban J connectivity index is 2.61. The minimum atomic E-state index is -0.295. The van der Waals surface area contributed by atoms with Crippen molar-refractivity contribution in [3.8, 4) is 0 Å². The van der Waals surface area contributed by atoms with Crippen LogP contribution in [0.3, 0.4) is 0 Å². The van der Waals surface area contributed by atoms with E-state index < -0.39 is 0 Å². The van der Waals surface area contributed by atoms with Gasteiger partial charge in [-0.3, -0.25) is 4.79 Å². The summed E-state index contributed by atoms with van der Waals surface area (Å²) in [5, 5.41) is 0.0771. The van der Waals surface area contributed by atoms with Crippen LogP contribution >= 0.6 is 23.4 Å². The molecule has 0 aliphatic rings. The maximum absolute atomic E-state index is 13.3. The number of carbonyl (C=O) groups excluding carboxylic acids is 1. The fourth-order valence-electron chi connectivity index (χ4n) is 1.13. The summed E-state index contributed by atoms with van der Waals surface area (Å²) >= 11 is 6.77. The average Bonchev–Trinajstić information content (AvgIpc) is 2.24. The van der Waals surface area contributed by atoms with Crippen LogP contribution in [0, 0.1) is 5.82 Å². The van der Waals surface area contributed by atoms with Crippen LogP contribution in [-0.2, 0) is 10.7 Å². The Morgan fingerprint density at radius 2 is 2.31 bits per heavy atom. The van der Waals surface area contributed by atoms with Gasteiger partial charge in [0, 0.05) is 18.2 Å². The lowest BCUT2D eigenvalue weighted by atomic mass is 10.1. The largest absolute Gasteiger partial charge is 0.288 e. The lowest BCUT2D eigenvalue weighted by Crippen LogP contribution is -1.87. The van der Waals surface area contributed by atoms with Gasteiger partial charge in [-0.05, 0) is 11.6 Å². The predicted molar refractivity (Wildman–Crippen MR) is 68.1 cm³/mol. The number of thioether (sulfide) groups is 1. The normalized spacial score (nSPS) is 10.9. The molecule has 0 N–H and O–H groups in total. The standard InChI is InChI=1S/C12H12ClFOS/c1-9(15)16-6-2-3-10-4-5-11(8-13)12(14)7-10/h2-5,7H,6,8H2,1H3. The Morgan fingerprint density at radius 3 is 2.88 bits per heavy atom. The van der Waals surface area contributed by atoms with Crippen LogP contribution in [0.15, 0.2) is 24.3 Å². The molecule has 0 aromatic heterocycles. The van der Waals surface area contributed by atoms with Crippen molar-refractivity contribution < 1.29 is 9.18 Å². The first-order chi connectivity index (χ1) is 7.63. The van der Waals surface area contributed by atoms with Crippen LogP contribution in [0.5, 0.6) is 0 Å². The molecule has 0 fully saturated rings. The van der Waals surface area contributed by atoms with E-state index in [4.69, 9.17) is 11.6 Å². The molecule has 0 saturated heterocycles. The van der Waals surface area contributed by atoms with Crippen molar-refractivity contribution >= 4 is 34.6 Å². The topological polar surface area (TPSA) is 17.1 Å². The van der Waals surface area contributed by atoms with Crippen molar-refractivity contribution in [3.05, 3.63) is 41.2 Å². The van der Waals surface area contributed by atoms with E-state index in [0.29, 0.717) is 11.3 Å². The molecule has 1 nitrogen and oxygen atoms in total. The second-order valence-electron chi connectivity index (χ2n) is 3.19. The Hall–Kier alpha value is -0.800. The lowest BCUT2D eigenvalue weighted by Gasteiger charge is -1.99. The number of hydrogen-bond acceptors (Lipinski definition) is 2. The van der Waals surface area contributed by atoms with Crippen molar-refractivity contribution in [2.45, 2.75) is 12.8 Å². The van der Waals surface area contributed by atoms with Crippen LogP contribution in [0.4, 0.5) is 4.39 Å². The highest BCUT2D eigenvalue weighted by Gasteiger charge is 2.00. The van der Waals surface area contributed by atoms with Crippen LogP contribution in [-0.4, -0.2) is 10.9 Å². The minimum absolute atomic E-state index is 0.0771. The summed E-state index contributed by atoms with van der Waals surface area (Å²) in [5.74, 6) is 0.487. The van der Waals surface area contributed by atoms with Crippen LogP contribution < -0.4 is 0 Å². The first-order valence-corrected chi connectivity index (χ1v) is 6.30. The van der Waals surface area contributed by atoms with Gasteiger partial charge in [-0.2, -0.15) is 0 Å². The van der Waals surface area contributed by atoms with Gasteiger partial charge in [0.05, 0.1) is 5.88 Å². The van der Waals surface area contributed by atoms with Crippen molar-refractivity contribution in [2.75, 3.05) is 5.75 Å². The summed E-state index contributed by atoms with van der Waals surface area (Å²) in [6.45, 7) is 1.52. The quantitative estimate of drug-likeness (QED) is 0.763. The molecule has 0 saturated carbocycles. The van der Waals surface area contributed by atoms with E-state index in [1.807, 2.05) is 6.08 Å². The van der Waals surface area contributed by atoms with Gasteiger partial charge in [0.15, 0.2) is 5.12 Å². The molecule has 0 heterocycles. The van der Waals surface area contributed by atoms with Gasteiger partial charge in [-0.1, -0.05) is 36.0 Å². The van der Waals surface area contributed by atoms with Gasteiger partial charge in [0.1, 0.15) is 5.82 Å². The smallest absolute Gasteiger partial charge is 0.186 e. The van der Waals surface area contributed by atoms with E-state index in [2.05, 4.69) is 0 Å². The number of hydrogen-bond donors (Lipinski definition) is 0. The zero-order valence-corrected chi connectivity index (χ0v) is 10.4. The lowest BCUT2D eigenvalue weighted by molar-refractivity contribution is -0.109. The zero-order valence-electron chi connectivity index (χ0n) is 8.87. The van der Waals surface area contributed by atoms with Crippen molar-refractivity contribution in [1.29, 1.82) is 0 Å². The summed E-state index contributed by atoms with van der Waals surface area (Å²) in [4.78, 5) is 10.6. The van der Waals surface area contributed by atoms with Crippen LogP contribution in [0.2, 0.25) is 0 Å². The average molecular weight is 259 g/mol. The molecule has 0 unspecified atom stereocenters. The SMILES string of the molecule is CC(=O)SCC=Cc1ccc(CCl)c(F)c1. The third kappa shape index (κ3) is 4.37. The first-order valence-electron chi connectivity index (χ1n) is 4.78. The summed E-state index contributed by atoms with van der Waals surface area (Å²) < 4.78 is 13.3. The van der Waals surface area contributed by atoms with Gasteiger partial charge in [0.2, 0.25) is 0 Å². The molecular formula is C12H12ClFOS. The summed E-state index contributed by atoms with van der Waals surface area (Å²) in [6, 6.07) is 4.91. The molecule has 16 heavy (non-hydrogen) atoms. The van der Waals surface area contributed by atoms with E-state index in [-0.39, 0.29) is 16.8 Å². The summed E-state index contributed by atoms with van der Waals surface area (Å²) in [6.07, 6.45) is 3.62. The molecule has 0 atom stereocenters. The number of benzene rings is 1. The predicted octanol–water partition coefficient (Wildman–Crippen LogP) is 3.86. The molecule has 0 aliphatic carbocycles. The fourth-order valence-corrected chi connectivity index (χ4v) is 1.77. The second kappa shape index (κ2) is 6.71. The van der Waals surface area contributed by atoms with Gasteiger partial charge < -0.3 is 0 Å². The van der Waals surface area contributed by atoms with Gasteiger partial charge >= 0.3 is 0 Å². The van der Waals surface area contributed by atoms with Crippen LogP contribution in [0.1, 0.15) is 18.1 Å².